The van der Waals surface area contributed by atoms with Gasteiger partial charge in [0, 0.05) is 4.88 Å². The number of aryl methyl sites for hydroxylation is 1. The lowest BCUT2D eigenvalue weighted by Crippen LogP contribution is -2.44. The molecule has 4 heteroatoms. The lowest BCUT2D eigenvalue weighted by atomic mass is 10.1. The highest BCUT2D eigenvalue weighted by Gasteiger charge is 2.06. The van der Waals surface area contributed by atoms with Crippen molar-refractivity contribution in [2.24, 2.45) is 0 Å². The van der Waals surface area contributed by atoms with E-state index in [1.165, 1.54) is 4.88 Å². The van der Waals surface area contributed by atoms with Crippen LogP contribution in [0, 0.1) is 6.92 Å². The zero-order valence-corrected chi connectivity index (χ0v) is 12.3. The van der Waals surface area contributed by atoms with Gasteiger partial charge in [0.15, 0.2) is 5.82 Å². The van der Waals surface area contributed by atoms with E-state index >= 15 is 0 Å². The van der Waals surface area contributed by atoms with E-state index in [9.17, 15) is 4.79 Å². The molecule has 0 atom stereocenters. The Kier molecular flexibility index (Phi) is 4.32. The third kappa shape index (κ3) is 2.84. The van der Waals surface area contributed by atoms with Crippen molar-refractivity contribution >= 4 is 23.5 Å². The molecule has 0 aliphatic heterocycles. The van der Waals surface area contributed by atoms with Gasteiger partial charge >= 0.3 is 0 Å². The van der Waals surface area contributed by atoms with Crippen molar-refractivity contribution in [1.82, 2.24) is 9.97 Å². The Balaban J connectivity index is 0.000000637. The molecule has 0 radical (unpaired) electrons. The summed E-state index contributed by atoms with van der Waals surface area (Å²) in [6.07, 6.45) is 5.89. The zero-order chi connectivity index (χ0) is 13.8. The van der Waals surface area contributed by atoms with E-state index in [1.54, 1.807) is 11.3 Å². The first-order valence-corrected chi connectivity index (χ1v) is 7.43. The Morgan fingerprint density at radius 2 is 1.95 bits per heavy atom. The fourth-order valence-corrected chi connectivity index (χ4v) is 2.79. The standard InChI is InChI=1S/C13H12N2OS.C2H6/c1-8-6-7-11(17-8)12-14-10-5-3-2-4-9(10)13(16)15-12;1-2/h4-7H,2-3H2,1H3,(H,14,15,16);1-2H3. The Morgan fingerprint density at radius 3 is 2.63 bits per heavy atom. The van der Waals surface area contributed by atoms with Crippen LogP contribution in [-0.4, -0.2) is 9.97 Å². The summed E-state index contributed by atoms with van der Waals surface area (Å²) < 4.78 is 0. The van der Waals surface area contributed by atoms with Gasteiger partial charge in [-0.15, -0.1) is 11.3 Å². The van der Waals surface area contributed by atoms with Crippen LogP contribution in [0.1, 0.15) is 31.6 Å². The van der Waals surface area contributed by atoms with E-state index in [0.29, 0.717) is 11.0 Å². The van der Waals surface area contributed by atoms with Crippen molar-refractivity contribution in [3.63, 3.8) is 0 Å². The molecule has 1 aliphatic rings. The number of thiophene rings is 1. The Hall–Kier alpha value is -1.68. The number of hydrogen-bond donors (Lipinski definition) is 1. The Morgan fingerprint density at radius 1 is 1.21 bits per heavy atom. The number of aromatic amines is 1. The van der Waals surface area contributed by atoms with Crippen LogP contribution in [0.5, 0.6) is 0 Å². The molecule has 0 spiro atoms. The van der Waals surface area contributed by atoms with Gasteiger partial charge < -0.3 is 4.98 Å². The summed E-state index contributed by atoms with van der Waals surface area (Å²) >= 11 is 1.64. The average molecular weight is 274 g/mol. The molecule has 0 unspecified atom stereocenters. The van der Waals surface area contributed by atoms with E-state index in [1.807, 2.05) is 45.1 Å². The molecule has 0 bridgehead atoms. The summed E-state index contributed by atoms with van der Waals surface area (Å²) in [4.78, 5) is 21.5. The van der Waals surface area contributed by atoms with Gasteiger partial charge in [0.1, 0.15) is 0 Å². The molecule has 1 N–H and O–H groups in total. The quantitative estimate of drug-likeness (QED) is 0.866. The number of H-pyrrole nitrogens is 1. The molecule has 0 saturated heterocycles. The molecule has 0 amide bonds. The van der Waals surface area contributed by atoms with Gasteiger partial charge in [0.2, 0.25) is 0 Å². The fraction of sp³-hybridized carbons (Fsp3) is 0.333. The van der Waals surface area contributed by atoms with Crippen molar-refractivity contribution in [2.45, 2.75) is 33.6 Å². The molecule has 1 aliphatic carbocycles. The lowest BCUT2D eigenvalue weighted by Gasteiger charge is -2.01. The lowest BCUT2D eigenvalue weighted by molar-refractivity contribution is 1.01. The normalized spacial score (nSPS) is 12.6. The SMILES string of the molecule is CC.Cc1ccc(-c2nc3c(c(=O)[nH]2)=CCCC=3)s1. The van der Waals surface area contributed by atoms with Crippen LogP contribution in [0.15, 0.2) is 16.9 Å². The molecular weight excluding hydrogens is 256 g/mol. The van der Waals surface area contributed by atoms with Gasteiger partial charge in [-0.05, 0) is 31.9 Å². The molecule has 3 nitrogen and oxygen atoms in total. The highest BCUT2D eigenvalue weighted by molar-refractivity contribution is 7.15. The van der Waals surface area contributed by atoms with E-state index in [2.05, 4.69) is 9.97 Å². The number of rotatable bonds is 1. The molecule has 2 aromatic heterocycles. The highest BCUT2D eigenvalue weighted by Crippen LogP contribution is 2.22. The second kappa shape index (κ2) is 5.97. The van der Waals surface area contributed by atoms with Crippen LogP contribution in [0.2, 0.25) is 0 Å². The summed E-state index contributed by atoms with van der Waals surface area (Å²) in [6, 6.07) is 4.03. The first-order valence-electron chi connectivity index (χ1n) is 6.61. The fourth-order valence-electron chi connectivity index (χ4n) is 1.98. The molecule has 3 rings (SSSR count). The third-order valence-electron chi connectivity index (χ3n) is 2.81. The van der Waals surface area contributed by atoms with Gasteiger partial charge in [0.25, 0.3) is 5.56 Å². The highest BCUT2D eigenvalue weighted by atomic mass is 32.1. The van der Waals surface area contributed by atoms with Crippen LogP contribution >= 0.6 is 11.3 Å². The second-order valence-electron chi connectivity index (χ2n) is 4.11. The number of nitrogens with zero attached hydrogens (tertiary/aromatic N) is 1. The van der Waals surface area contributed by atoms with Gasteiger partial charge in [0.05, 0.1) is 15.4 Å². The molecule has 0 fully saturated rings. The van der Waals surface area contributed by atoms with Crippen LogP contribution in [0.25, 0.3) is 22.9 Å². The summed E-state index contributed by atoms with van der Waals surface area (Å²) in [6.45, 7) is 6.05. The Bertz CT molecular complexity index is 740. The molecule has 0 aromatic carbocycles. The predicted molar refractivity (Wildman–Crippen MR) is 81.7 cm³/mol. The van der Waals surface area contributed by atoms with E-state index < -0.39 is 0 Å². The smallest absolute Gasteiger partial charge is 0.258 e. The predicted octanol–water partition coefficient (Wildman–Crippen LogP) is 2.19. The first-order chi connectivity index (χ1) is 9.24. The third-order valence-corrected chi connectivity index (χ3v) is 3.82. The summed E-state index contributed by atoms with van der Waals surface area (Å²) in [5.41, 5.74) is -0.0352. The average Bonchev–Trinajstić information content (AvgIpc) is 2.88. The van der Waals surface area contributed by atoms with Crippen molar-refractivity contribution in [2.75, 3.05) is 0 Å². The van der Waals surface area contributed by atoms with Crippen LogP contribution in [0.3, 0.4) is 0 Å². The summed E-state index contributed by atoms with van der Waals surface area (Å²) in [7, 11) is 0. The summed E-state index contributed by atoms with van der Waals surface area (Å²) in [5, 5.41) is 1.54. The molecule has 2 heterocycles. The molecular formula is C15H18N2OS. The zero-order valence-electron chi connectivity index (χ0n) is 11.5. The summed E-state index contributed by atoms with van der Waals surface area (Å²) in [5.74, 6) is 0.679. The number of hydrogen-bond acceptors (Lipinski definition) is 3. The second-order valence-corrected chi connectivity index (χ2v) is 5.40. The maximum Gasteiger partial charge on any atom is 0.258 e. The van der Waals surface area contributed by atoms with Crippen LogP contribution in [-0.2, 0) is 0 Å². The minimum absolute atomic E-state index is 0.0352. The van der Waals surface area contributed by atoms with Gasteiger partial charge in [-0.1, -0.05) is 26.0 Å². The van der Waals surface area contributed by atoms with Gasteiger partial charge in [-0.3, -0.25) is 4.79 Å². The van der Waals surface area contributed by atoms with Crippen molar-refractivity contribution in [3.8, 4) is 10.7 Å². The molecule has 0 saturated carbocycles. The van der Waals surface area contributed by atoms with Gasteiger partial charge in [-0.25, -0.2) is 4.98 Å². The minimum Gasteiger partial charge on any atom is -0.305 e. The monoisotopic (exact) mass is 274 g/mol. The van der Waals surface area contributed by atoms with E-state index in [4.69, 9.17) is 0 Å². The number of nitrogens with one attached hydrogen (secondary N) is 1. The Labute approximate surface area is 116 Å². The molecule has 19 heavy (non-hydrogen) atoms. The van der Waals surface area contributed by atoms with Gasteiger partial charge in [-0.2, -0.15) is 0 Å². The van der Waals surface area contributed by atoms with Crippen molar-refractivity contribution < 1.29 is 0 Å². The maximum absolute atomic E-state index is 11.9. The van der Waals surface area contributed by atoms with E-state index in [0.717, 1.165) is 23.1 Å². The number of aromatic nitrogens is 2. The molecule has 2 aromatic rings. The maximum atomic E-state index is 11.9. The topological polar surface area (TPSA) is 45.8 Å². The van der Waals surface area contributed by atoms with Crippen molar-refractivity contribution in [1.29, 1.82) is 0 Å². The number of fused-ring (bicyclic) bond motifs is 1. The molecule has 100 valence electrons. The van der Waals surface area contributed by atoms with Crippen LogP contribution in [0.4, 0.5) is 0 Å². The van der Waals surface area contributed by atoms with E-state index in [-0.39, 0.29) is 5.56 Å². The first kappa shape index (κ1) is 13.7. The minimum atomic E-state index is -0.0352. The van der Waals surface area contributed by atoms with Crippen LogP contribution < -0.4 is 16.1 Å². The van der Waals surface area contributed by atoms with Crippen molar-refractivity contribution in [3.05, 3.63) is 37.9 Å². The largest absolute Gasteiger partial charge is 0.305 e.